The molecule has 0 aromatic carbocycles. The Morgan fingerprint density at radius 2 is 2.29 bits per heavy atom. The van der Waals surface area contributed by atoms with Crippen LogP contribution in [0.2, 0.25) is 0 Å². The Hall–Kier alpha value is -0.960. The Kier molecular flexibility index (Phi) is 5.74. The molecule has 0 bridgehead atoms. The molecule has 8 heteroatoms. The fraction of sp³-hybridized carbons (Fsp3) is 0.615. The first-order chi connectivity index (χ1) is 9.94. The van der Waals surface area contributed by atoms with Crippen molar-refractivity contribution in [2.45, 2.75) is 25.3 Å². The molecule has 118 valence electrons. The van der Waals surface area contributed by atoms with Gasteiger partial charge in [-0.25, -0.2) is 13.1 Å². The van der Waals surface area contributed by atoms with Gasteiger partial charge in [0.15, 0.2) is 0 Å². The predicted molar refractivity (Wildman–Crippen MR) is 84.2 cm³/mol. The lowest BCUT2D eigenvalue weighted by Gasteiger charge is -2.23. The third-order valence-corrected chi connectivity index (χ3v) is 5.13. The second-order valence-corrected chi connectivity index (χ2v) is 8.20. The van der Waals surface area contributed by atoms with Crippen LogP contribution in [0.5, 0.6) is 0 Å². The van der Waals surface area contributed by atoms with E-state index in [-0.39, 0.29) is 11.9 Å². The highest BCUT2D eigenvalue weighted by atomic mass is 32.2. The molecule has 0 saturated carbocycles. The molecular weight excluding hydrogens is 310 g/mol. The zero-order chi connectivity index (χ0) is 15.3. The smallest absolute Gasteiger partial charge is 0.261 e. The monoisotopic (exact) mass is 331 g/mol. The van der Waals surface area contributed by atoms with Gasteiger partial charge < -0.3 is 10.6 Å². The molecule has 0 spiro atoms. The van der Waals surface area contributed by atoms with Crippen LogP contribution in [0.3, 0.4) is 0 Å². The number of piperidine rings is 1. The van der Waals surface area contributed by atoms with Crippen LogP contribution < -0.4 is 15.4 Å². The Morgan fingerprint density at radius 3 is 2.95 bits per heavy atom. The molecular formula is C13H21N3O3S2. The third-order valence-electron chi connectivity index (χ3n) is 3.25. The van der Waals surface area contributed by atoms with Gasteiger partial charge in [0, 0.05) is 24.0 Å². The third kappa shape index (κ3) is 5.74. The van der Waals surface area contributed by atoms with E-state index in [1.807, 2.05) is 6.07 Å². The van der Waals surface area contributed by atoms with E-state index >= 15 is 0 Å². The first kappa shape index (κ1) is 16.4. The summed E-state index contributed by atoms with van der Waals surface area (Å²) >= 11 is 1.41. The Balaban J connectivity index is 1.82. The van der Waals surface area contributed by atoms with Crippen LogP contribution in [0.25, 0.3) is 0 Å². The molecule has 1 aromatic heterocycles. The van der Waals surface area contributed by atoms with Crippen LogP contribution >= 0.6 is 11.3 Å². The molecule has 6 nitrogen and oxygen atoms in total. The van der Waals surface area contributed by atoms with Gasteiger partial charge in [-0.3, -0.25) is 4.79 Å². The molecule has 0 aliphatic carbocycles. The summed E-state index contributed by atoms with van der Waals surface area (Å²) in [6, 6.07) is 3.87. The maximum atomic E-state index is 12.1. The van der Waals surface area contributed by atoms with Crippen molar-refractivity contribution in [1.29, 1.82) is 0 Å². The quantitative estimate of drug-likeness (QED) is 0.701. The average Bonchev–Trinajstić information content (AvgIpc) is 2.87. The molecule has 1 fully saturated rings. The van der Waals surface area contributed by atoms with Gasteiger partial charge in [-0.1, -0.05) is 0 Å². The predicted octanol–water partition coefficient (Wildman–Crippen LogP) is 0.322. The highest BCUT2D eigenvalue weighted by Gasteiger charge is 2.17. The van der Waals surface area contributed by atoms with Crippen molar-refractivity contribution in [2.75, 3.05) is 25.9 Å². The summed E-state index contributed by atoms with van der Waals surface area (Å²) in [4.78, 5) is 13.8. The van der Waals surface area contributed by atoms with E-state index < -0.39 is 10.0 Å². The zero-order valence-electron chi connectivity index (χ0n) is 12.0. The molecule has 0 unspecified atom stereocenters. The number of amides is 1. The van der Waals surface area contributed by atoms with Crippen LogP contribution in [-0.2, 0) is 16.4 Å². The fourth-order valence-corrected chi connectivity index (χ4v) is 3.61. The minimum Gasteiger partial charge on any atom is -0.347 e. The summed E-state index contributed by atoms with van der Waals surface area (Å²) in [5, 5.41) is 6.29. The van der Waals surface area contributed by atoms with Crippen molar-refractivity contribution >= 4 is 27.3 Å². The number of thiophene rings is 1. The number of hydrogen-bond acceptors (Lipinski definition) is 5. The molecule has 0 radical (unpaired) electrons. The van der Waals surface area contributed by atoms with Gasteiger partial charge in [0.25, 0.3) is 5.91 Å². The number of carbonyl (C=O) groups excluding carboxylic acids is 1. The maximum Gasteiger partial charge on any atom is 0.261 e. The van der Waals surface area contributed by atoms with E-state index in [0.29, 0.717) is 17.8 Å². The second kappa shape index (κ2) is 7.35. The summed E-state index contributed by atoms with van der Waals surface area (Å²) in [7, 11) is -3.15. The molecule has 1 aliphatic heterocycles. The lowest BCUT2D eigenvalue weighted by Crippen LogP contribution is -2.45. The lowest BCUT2D eigenvalue weighted by molar-refractivity contribution is 0.0935. The van der Waals surface area contributed by atoms with E-state index in [1.54, 1.807) is 6.07 Å². The van der Waals surface area contributed by atoms with Gasteiger partial charge in [-0.05, 0) is 37.9 Å². The van der Waals surface area contributed by atoms with Crippen LogP contribution in [0.15, 0.2) is 12.1 Å². The molecule has 1 atom stereocenters. The number of carbonyl (C=O) groups is 1. The van der Waals surface area contributed by atoms with E-state index in [0.717, 1.165) is 37.1 Å². The molecule has 1 aromatic rings. The maximum absolute atomic E-state index is 12.1. The zero-order valence-corrected chi connectivity index (χ0v) is 13.6. The van der Waals surface area contributed by atoms with Gasteiger partial charge in [-0.2, -0.15) is 0 Å². The van der Waals surface area contributed by atoms with Crippen molar-refractivity contribution in [3.8, 4) is 0 Å². The molecule has 1 saturated heterocycles. The number of nitrogens with one attached hydrogen (secondary N) is 3. The highest BCUT2D eigenvalue weighted by molar-refractivity contribution is 7.88. The summed E-state index contributed by atoms with van der Waals surface area (Å²) in [5.41, 5.74) is 0. The average molecular weight is 331 g/mol. The second-order valence-electron chi connectivity index (χ2n) is 5.20. The lowest BCUT2D eigenvalue weighted by atomic mass is 10.1. The summed E-state index contributed by atoms with van der Waals surface area (Å²) in [6.45, 7) is 2.19. The Bertz CT molecular complexity index is 577. The van der Waals surface area contributed by atoms with E-state index in [2.05, 4.69) is 15.4 Å². The van der Waals surface area contributed by atoms with Crippen molar-refractivity contribution in [3.63, 3.8) is 0 Å². The van der Waals surface area contributed by atoms with Crippen LogP contribution in [0, 0.1) is 0 Å². The number of rotatable bonds is 6. The van der Waals surface area contributed by atoms with E-state index in [9.17, 15) is 13.2 Å². The van der Waals surface area contributed by atoms with Crippen molar-refractivity contribution < 1.29 is 13.2 Å². The SMILES string of the molecule is CS(=O)(=O)NCCc1ccc(C(=O)N[C@H]2CCCNC2)s1. The molecule has 3 N–H and O–H groups in total. The fourth-order valence-electron chi connectivity index (χ4n) is 2.23. The molecule has 1 amide bonds. The molecule has 21 heavy (non-hydrogen) atoms. The summed E-state index contributed by atoms with van der Waals surface area (Å²) in [6.07, 6.45) is 3.82. The Labute approximate surface area is 129 Å². The largest absolute Gasteiger partial charge is 0.347 e. The van der Waals surface area contributed by atoms with E-state index in [1.165, 1.54) is 11.3 Å². The highest BCUT2D eigenvalue weighted by Crippen LogP contribution is 2.17. The van der Waals surface area contributed by atoms with Gasteiger partial charge in [0.1, 0.15) is 0 Å². The van der Waals surface area contributed by atoms with Crippen LogP contribution in [0.4, 0.5) is 0 Å². The van der Waals surface area contributed by atoms with Crippen molar-refractivity contribution in [1.82, 2.24) is 15.4 Å². The minimum atomic E-state index is -3.15. The number of sulfonamides is 1. The van der Waals surface area contributed by atoms with E-state index in [4.69, 9.17) is 0 Å². The van der Waals surface area contributed by atoms with Gasteiger partial charge >= 0.3 is 0 Å². The van der Waals surface area contributed by atoms with Crippen LogP contribution in [0.1, 0.15) is 27.4 Å². The van der Waals surface area contributed by atoms with Gasteiger partial charge in [-0.15, -0.1) is 11.3 Å². The van der Waals surface area contributed by atoms with Gasteiger partial charge in [0.05, 0.1) is 11.1 Å². The molecule has 1 aliphatic rings. The number of hydrogen-bond donors (Lipinski definition) is 3. The normalized spacial score (nSPS) is 19.4. The van der Waals surface area contributed by atoms with Gasteiger partial charge in [0.2, 0.25) is 10.0 Å². The van der Waals surface area contributed by atoms with Crippen LogP contribution in [-0.4, -0.2) is 46.3 Å². The summed E-state index contributed by atoms with van der Waals surface area (Å²) < 4.78 is 24.4. The standard InChI is InChI=1S/C13H21N3O3S2/c1-21(18,19)15-8-6-11-4-5-12(20-11)13(17)16-10-3-2-7-14-9-10/h4-5,10,14-15H,2-3,6-9H2,1H3,(H,16,17)/t10-/m0/s1. The first-order valence-electron chi connectivity index (χ1n) is 6.99. The molecule has 2 heterocycles. The first-order valence-corrected chi connectivity index (χ1v) is 9.70. The summed E-state index contributed by atoms with van der Waals surface area (Å²) in [5.74, 6) is -0.0453. The van der Waals surface area contributed by atoms with Crippen molar-refractivity contribution in [2.24, 2.45) is 0 Å². The Morgan fingerprint density at radius 1 is 1.48 bits per heavy atom. The topological polar surface area (TPSA) is 87.3 Å². The molecule has 2 rings (SSSR count). The van der Waals surface area contributed by atoms with Crippen molar-refractivity contribution in [3.05, 3.63) is 21.9 Å². The minimum absolute atomic E-state index is 0.0453.